The van der Waals surface area contributed by atoms with Crippen molar-refractivity contribution < 1.29 is 9.47 Å². The Bertz CT molecular complexity index is 1020. The van der Waals surface area contributed by atoms with Gasteiger partial charge < -0.3 is 15.2 Å². The van der Waals surface area contributed by atoms with Crippen molar-refractivity contribution in [3.05, 3.63) is 65.3 Å². The van der Waals surface area contributed by atoms with Gasteiger partial charge in [-0.25, -0.2) is 9.67 Å². The van der Waals surface area contributed by atoms with Gasteiger partial charge in [0.2, 0.25) is 5.88 Å². The number of rotatable bonds is 6. The zero-order valence-corrected chi connectivity index (χ0v) is 23.0. The van der Waals surface area contributed by atoms with Gasteiger partial charge in [-0.3, -0.25) is 0 Å². The van der Waals surface area contributed by atoms with Crippen LogP contribution in [0.2, 0.25) is 0 Å². The monoisotopic (exact) mass is 493 g/mol. The molecule has 2 aliphatic rings. The van der Waals surface area contributed by atoms with E-state index in [1.165, 1.54) is 6.33 Å². The van der Waals surface area contributed by atoms with Crippen molar-refractivity contribution in [2.24, 2.45) is 17.6 Å². The van der Waals surface area contributed by atoms with Crippen molar-refractivity contribution in [1.82, 2.24) is 14.8 Å². The molecule has 2 aromatic rings. The lowest BCUT2D eigenvalue weighted by molar-refractivity contribution is 0.0673. The average molecular weight is 494 g/mol. The van der Waals surface area contributed by atoms with Crippen molar-refractivity contribution in [1.29, 1.82) is 5.26 Å². The van der Waals surface area contributed by atoms with Crippen LogP contribution in [0.3, 0.4) is 0 Å². The van der Waals surface area contributed by atoms with Crippen molar-refractivity contribution in [3.8, 4) is 11.8 Å². The number of hydrogen-bond donors (Lipinski definition) is 1. The number of aromatic nitrogens is 3. The second-order valence-corrected chi connectivity index (χ2v) is 9.55. The Morgan fingerprint density at radius 2 is 1.86 bits per heavy atom. The minimum Gasteiger partial charge on any atom is -0.445 e. The maximum absolute atomic E-state index is 9.93. The van der Waals surface area contributed by atoms with Gasteiger partial charge in [-0.1, -0.05) is 60.1 Å². The molecule has 7 heteroatoms. The third-order valence-corrected chi connectivity index (χ3v) is 5.98. The number of nitrogens with two attached hydrogens (primary N) is 1. The van der Waals surface area contributed by atoms with Gasteiger partial charge in [0.15, 0.2) is 0 Å². The van der Waals surface area contributed by atoms with Crippen molar-refractivity contribution in [2.45, 2.75) is 86.2 Å². The molecule has 3 heterocycles. The number of allylic oxidation sites excluding steroid dienone is 2. The van der Waals surface area contributed by atoms with Gasteiger partial charge >= 0.3 is 0 Å². The van der Waals surface area contributed by atoms with Gasteiger partial charge in [0, 0.05) is 18.4 Å². The third-order valence-electron chi connectivity index (χ3n) is 5.98. The molecule has 3 atom stereocenters. The van der Waals surface area contributed by atoms with Gasteiger partial charge in [0.1, 0.15) is 30.1 Å². The van der Waals surface area contributed by atoms with Gasteiger partial charge in [-0.15, -0.1) is 0 Å². The molecule has 1 saturated heterocycles. The van der Waals surface area contributed by atoms with Crippen LogP contribution < -0.4 is 5.73 Å². The van der Waals surface area contributed by atoms with E-state index in [1.54, 1.807) is 11.0 Å². The second-order valence-electron chi connectivity index (χ2n) is 9.55. The molecule has 0 amide bonds. The SMILES string of the molecule is CC.CC(C)C.CCCC(C1=C(C)OC(N)=C(C#N)C1c1ccc(-n2cncn2)cc1)C1CCCO1. The van der Waals surface area contributed by atoms with E-state index in [0.29, 0.717) is 5.57 Å². The van der Waals surface area contributed by atoms with Crippen molar-refractivity contribution in [3.63, 3.8) is 0 Å². The van der Waals surface area contributed by atoms with Crippen LogP contribution >= 0.6 is 0 Å². The summed E-state index contributed by atoms with van der Waals surface area (Å²) in [5.74, 6) is 1.75. The van der Waals surface area contributed by atoms with E-state index in [2.05, 4.69) is 43.8 Å². The lowest BCUT2D eigenvalue weighted by Gasteiger charge is -2.35. The van der Waals surface area contributed by atoms with Crippen LogP contribution in [0.1, 0.15) is 85.6 Å². The summed E-state index contributed by atoms with van der Waals surface area (Å²) >= 11 is 0. The van der Waals surface area contributed by atoms with Gasteiger partial charge in [0.25, 0.3) is 0 Å². The summed E-state index contributed by atoms with van der Waals surface area (Å²) < 4.78 is 13.6. The highest BCUT2D eigenvalue weighted by Crippen LogP contribution is 2.46. The Morgan fingerprint density at radius 3 is 2.36 bits per heavy atom. The molecule has 1 fully saturated rings. The highest BCUT2D eigenvalue weighted by Gasteiger charge is 2.39. The van der Waals surface area contributed by atoms with Crippen LogP contribution in [-0.2, 0) is 9.47 Å². The molecule has 0 spiro atoms. The Hall–Kier alpha value is -3.11. The molecule has 7 nitrogen and oxygen atoms in total. The number of ether oxygens (including phenoxy) is 2. The van der Waals surface area contributed by atoms with E-state index in [4.69, 9.17) is 15.2 Å². The zero-order valence-electron chi connectivity index (χ0n) is 23.0. The summed E-state index contributed by atoms with van der Waals surface area (Å²) in [4.78, 5) is 4.00. The zero-order chi connectivity index (χ0) is 26.7. The van der Waals surface area contributed by atoms with E-state index in [-0.39, 0.29) is 23.8 Å². The summed E-state index contributed by atoms with van der Waals surface area (Å²) in [7, 11) is 0. The highest BCUT2D eigenvalue weighted by atomic mass is 16.5. The Balaban J connectivity index is 0.000000694. The average Bonchev–Trinajstić information content (AvgIpc) is 3.59. The minimum atomic E-state index is -0.241. The highest BCUT2D eigenvalue weighted by molar-refractivity contribution is 5.51. The molecule has 196 valence electrons. The van der Waals surface area contributed by atoms with Crippen molar-refractivity contribution in [2.75, 3.05) is 6.61 Å². The number of hydrogen-bond acceptors (Lipinski definition) is 6. The standard InChI is InChI=1S/C23H27N5O2.C4H10.C2H6/c1-3-5-18(20-6-4-11-29-20)21-15(2)30-23(25)19(12-24)22(21)16-7-9-17(10-8-16)28-14-26-13-27-28;1-4(2)3;1-2/h7-10,13-14,18,20,22H,3-6,11,25H2,1-2H3;4H,1-3H3;1-2H3. The van der Waals surface area contributed by atoms with Crippen LogP contribution in [0.5, 0.6) is 0 Å². The van der Waals surface area contributed by atoms with Crippen LogP contribution in [0.15, 0.2) is 59.7 Å². The second kappa shape index (κ2) is 14.4. The molecule has 2 aliphatic heterocycles. The van der Waals surface area contributed by atoms with Gasteiger partial charge in [-0.2, -0.15) is 10.4 Å². The number of benzene rings is 1. The molecule has 0 saturated carbocycles. The third kappa shape index (κ3) is 7.20. The maximum atomic E-state index is 9.93. The van der Waals surface area contributed by atoms with Gasteiger partial charge in [-0.05, 0) is 55.4 Å². The fraction of sp³-hybridized carbons (Fsp3) is 0.552. The van der Waals surface area contributed by atoms with E-state index in [1.807, 2.05) is 45.0 Å². The molecule has 36 heavy (non-hydrogen) atoms. The van der Waals surface area contributed by atoms with E-state index in [9.17, 15) is 5.26 Å². The predicted octanol–water partition coefficient (Wildman–Crippen LogP) is 6.63. The Kier molecular flexibility index (Phi) is 11.7. The molecule has 3 unspecified atom stereocenters. The first-order valence-corrected chi connectivity index (χ1v) is 13.2. The lowest BCUT2D eigenvalue weighted by atomic mass is 9.73. The van der Waals surface area contributed by atoms with E-state index >= 15 is 0 Å². The first-order valence-electron chi connectivity index (χ1n) is 13.2. The summed E-state index contributed by atoms with van der Waals surface area (Å²) in [6.45, 7) is 15.4. The molecule has 1 aromatic carbocycles. The summed E-state index contributed by atoms with van der Waals surface area (Å²) in [5.41, 5.74) is 9.64. The predicted molar refractivity (Wildman–Crippen MR) is 144 cm³/mol. The normalized spacial score (nSPS) is 20.1. The first kappa shape index (κ1) is 29.1. The van der Waals surface area contributed by atoms with E-state index < -0.39 is 0 Å². The van der Waals surface area contributed by atoms with Crippen molar-refractivity contribution >= 4 is 0 Å². The fourth-order valence-corrected chi connectivity index (χ4v) is 4.65. The topological polar surface area (TPSA) is 99.0 Å². The summed E-state index contributed by atoms with van der Waals surface area (Å²) in [6.07, 6.45) is 7.41. The van der Waals surface area contributed by atoms with Crippen LogP contribution in [-0.4, -0.2) is 27.5 Å². The smallest absolute Gasteiger partial charge is 0.205 e. The molecular weight excluding hydrogens is 450 g/mol. The molecule has 0 radical (unpaired) electrons. The minimum absolute atomic E-state index is 0.148. The number of nitriles is 1. The lowest BCUT2D eigenvalue weighted by Crippen LogP contribution is -2.30. The van der Waals surface area contributed by atoms with Crippen LogP contribution in [0.4, 0.5) is 0 Å². The maximum Gasteiger partial charge on any atom is 0.205 e. The quantitative estimate of drug-likeness (QED) is 0.485. The van der Waals surface area contributed by atoms with Gasteiger partial charge in [0.05, 0.1) is 11.8 Å². The van der Waals surface area contributed by atoms with E-state index in [0.717, 1.165) is 60.8 Å². The van der Waals surface area contributed by atoms with Crippen LogP contribution in [0, 0.1) is 23.2 Å². The summed E-state index contributed by atoms with van der Waals surface area (Å²) in [5, 5.41) is 14.1. The fourth-order valence-electron chi connectivity index (χ4n) is 4.65. The molecule has 2 N–H and O–H groups in total. The Morgan fingerprint density at radius 1 is 1.19 bits per heavy atom. The first-order chi connectivity index (χ1) is 17.4. The summed E-state index contributed by atoms with van der Waals surface area (Å²) in [6, 6.07) is 10.3. The molecule has 1 aromatic heterocycles. The van der Waals surface area contributed by atoms with Crippen LogP contribution in [0.25, 0.3) is 5.69 Å². The molecular formula is C29H43N5O2. The molecule has 4 rings (SSSR count). The molecule has 0 bridgehead atoms. The molecule has 0 aliphatic carbocycles. The largest absolute Gasteiger partial charge is 0.445 e. The Labute approximate surface area is 217 Å². The number of nitrogens with zero attached hydrogens (tertiary/aromatic N) is 4.